The van der Waals surface area contributed by atoms with Gasteiger partial charge in [0.1, 0.15) is 0 Å². The first-order valence-corrected chi connectivity index (χ1v) is 11.8. The number of aryl methyl sites for hydroxylation is 2. The third kappa shape index (κ3) is 9.06. The Bertz CT molecular complexity index is 682. The average Bonchev–Trinajstić information content (AvgIpc) is 2.74. The minimum absolute atomic E-state index is 0.360. The van der Waals surface area contributed by atoms with Gasteiger partial charge < -0.3 is 0 Å². The van der Waals surface area contributed by atoms with E-state index in [1.807, 2.05) is 12.1 Å². The van der Waals surface area contributed by atoms with Gasteiger partial charge in [0, 0.05) is 17.3 Å². The van der Waals surface area contributed by atoms with Crippen molar-refractivity contribution >= 4 is 0 Å². The van der Waals surface area contributed by atoms with E-state index in [1.54, 1.807) is 6.20 Å². The number of aromatic nitrogens is 2. The summed E-state index contributed by atoms with van der Waals surface area (Å²) in [4.78, 5) is 8.55. The maximum atomic E-state index is 14.4. The molecule has 1 heterocycles. The van der Waals surface area contributed by atoms with Crippen molar-refractivity contribution in [1.29, 1.82) is 0 Å². The Morgan fingerprint density at radius 3 is 1.83 bits per heavy atom. The highest BCUT2D eigenvalue weighted by Crippen LogP contribution is 2.19. The fraction of sp³-hybridized carbons (Fsp3) is 0.615. The van der Waals surface area contributed by atoms with Crippen LogP contribution < -0.4 is 0 Å². The first-order valence-electron chi connectivity index (χ1n) is 11.8. The fourth-order valence-electron chi connectivity index (χ4n) is 3.72. The predicted octanol–water partition coefficient (Wildman–Crippen LogP) is 8.09. The Morgan fingerprint density at radius 1 is 0.690 bits per heavy atom. The summed E-state index contributed by atoms with van der Waals surface area (Å²) in [5.41, 5.74) is 2.87. The van der Waals surface area contributed by atoms with E-state index >= 15 is 0 Å². The second-order valence-electron chi connectivity index (χ2n) is 8.24. The van der Waals surface area contributed by atoms with E-state index in [1.165, 1.54) is 69.8 Å². The van der Waals surface area contributed by atoms with E-state index in [0.29, 0.717) is 11.4 Å². The molecule has 0 spiro atoms. The van der Waals surface area contributed by atoms with Crippen LogP contribution in [0.4, 0.5) is 4.39 Å². The molecule has 0 fully saturated rings. The Morgan fingerprint density at radius 2 is 1.24 bits per heavy atom. The Labute approximate surface area is 177 Å². The molecular weight excluding hydrogens is 359 g/mol. The van der Waals surface area contributed by atoms with Crippen molar-refractivity contribution in [2.75, 3.05) is 0 Å². The highest BCUT2D eigenvalue weighted by molar-refractivity contribution is 5.55. The van der Waals surface area contributed by atoms with Crippen LogP contribution in [0.15, 0.2) is 30.5 Å². The molecule has 0 unspecified atom stereocenters. The molecule has 2 rings (SSSR count). The van der Waals surface area contributed by atoms with Gasteiger partial charge in [0.25, 0.3) is 0 Å². The summed E-state index contributed by atoms with van der Waals surface area (Å²) >= 11 is 0. The Kier molecular flexibility index (Phi) is 11.6. The Balaban J connectivity index is 1.78. The molecule has 0 aliphatic carbocycles. The second kappa shape index (κ2) is 14.3. The summed E-state index contributed by atoms with van der Waals surface area (Å²) in [5.74, 6) is 0.126. The topological polar surface area (TPSA) is 25.8 Å². The number of hydrogen-bond acceptors (Lipinski definition) is 2. The van der Waals surface area contributed by atoms with Crippen LogP contribution in [0.25, 0.3) is 11.4 Å². The lowest BCUT2D eigenvalue weighted by Crippen LogP contribution is -1.99. The van der Waals surface area contributed by atoms with Crippen molar-refractivity contribution in [3.63, 3.8) is 0 Å². The lowest BCUT2D eigenvalue weighted by Gasteiger charge is -2.07. The van der Waals surface area contributed by atoms with Crippen LogP contribution in [0.1, 0.15) is 102 Å². The van der Waals surface area contributed by atoms with Gasteiger partial charge in [-0.05, 0) is 31.2 Å². The molecule has 2 nitrogen and oxygen atoms in total. The van der Waals surface area contributed by atoms with Gasteiger partial charge in [-0.3, -0.25) is 0 Å². The SMILES string of the molecule is CCCCCCCCCc1cnc(-c2ccc(CCCCCCC)cc2)nc1F. The maximum Gasteiger partial charge on any atom is 0.219 e. The molecule has 0 radical (unpaired) electrons. The largest absolute Gasteiger partial charge is 0.236 e. The third-order valence-corrected chi connectivity index (χ3v) is 5.64. The summed E-state index contributed by atoms with van der Waals surface area (Å²) in [5, 5.41) is 0. The number of benzene rings is 1. The minimum Gasteiger partial charge on any atom is -0.236 e. The van der Waals surface area contributed by atoms with Gasteiger partial charge in [-0.1, -0.05) is 102 Å². The van der Waals surface area contributed by atoms with Gasteiger partial charge in [-0.15, -0.1) is 0 Å². The Hall–Kier alpha value is -1.77. The van der Waals surface area contributed by atoms with E-state index in [-0.39, 0.29) is 5.95 Å². The predicted molar refractivity (Wildman–Crippen MR) is 122 cm³/mol. The summed E-state index contributed by atoms with van der Waals surface area (Å²) < 4.78 is 14.4. The molecule has 0 N–H and O–H groups in total. The van der Waals surface area contributed by atoms with Crippen molar-refractivity contribution in [1.82, 2.24) is 9.97 Å². The van der Waals surface area contributed by atoms with Crippen LogP contribution >= 0.6 is 0 Å². The number of rotatable bonds is 15. The zero-order chi connectivity index (χ0) is 20.7. The third-order valence-electron chi connectivity index (χ3n) is 5.64. The molecule has 1 aromatic carbocycles. The molecule has 2 aromatic rings. The van der Waals surface area contributed by atoms with Gasteiger partial charge in [0.2, 0.25) is 5.95 Å². The molecule has 3 heteroatoms. The van der Waals surface area contributed by atoms with Gasteiger partial charge in [-0.25, -0.2) is 4.98 Å². The van der Waals surface area contributed by atoms with Gasteiger partial charge >= 0.3 is 0 Å². The zero-order valence-electron chi connectivity index (χ0n) is 18.6. The van der Waals surface area contributed by atoms with E-state index in [9.17, 15) is 4.39 Å². The second-order valence-corrected chi connectivity index (χ2v) is 8.24. The fourth-order valence-corrected chi connectivity index (χ4v) is 3.72. The van der Waals surface area contributed by atoms with Gasteiger partial charge in [-0.2, -0.15) is 9.37 Å². The normalized spacial score (nSPS) is 11.1. The molecule has 0 aliphatic heterocycles. The van der Waals surface area contributed by atoms with Gasteiger partial charge in [0.05, 0.1) is 0 Å². The highest BCUT2D eigenvalue weighted by Gasteiger charge is 2.08. The molecule has 160 valence electrons. The van der Waals surface area contributed by atoms with Crippen molar-refractivity contribution in [2.24, 2.45) is 0 Å². The number of unbranched alkanes of at least 4 members (excludes halogenated alkanes) is 10. The van der Waals surface area contributed by atoms with Crippen molar-refractivity contribution in [2.45, 2.75) is 104 Å². The zero-order valence-corrected chi connectivity index (χ0v) is 18.6. The molecular formula is C26H39FN2. The number of nitrogens with zero attached hydrogens (tertiary/aromatic N) is 2. The molecule has 0 bridgehead atoms. The molecule has 0 aliphatic rings. The van der Waals surface area contributed by atoms with E-state index in [4.69, 9.17) is 0 Å². The lowest BCUT2D eigenvalue weighted by molar-refractivity contribution is 0.547. The van der Waals surface area contributed by atoms with Crippen LogP contribution in [0, 0.1) is 5.95 Å². The van der Waals surface area contributed by atoms with Crippen LogP contribution in [0.5, 0.6) is 0 Å². The quantitative estimate of drug-likeness (QED) is 0.224. The number of hydrogen-bond donors (Lipinski definition) is 0. The maximum absolute atomic E-state index is 14.4. The van der Waals surface area contributed by atoms with Crippen LogP contribution in [-0.4, -0.2) is 9.97 Å². The first kappa shape index (κ1) is 23.5. The van der Waals surface area contributed by atoms with Crippen LogP contribution in [-0.2, 0) is 12.8 Å². The standard InChI is InChI=1S/C26H39FN2/c1-3-5-7-9-10-12-14-16-24-21-28-26(29-25(24)27)23-19-17-22(18-20-23)15-13-11-8-6-4-2/h17-21H,3-16H2,1-2H3. The van der Waals surface area contributed by atoms with Crippen LogP contribution in [0.2, 0.25) is 0 Å². The number of halogens is 1. The molecule has 0 atom stereocenters. The minimum atomic E-state index is -0.360. The highest BCUT2D eigenvalue weighted by atomic mass is 19.1. The monoisotopic (exact) mass is 398 g/mol. The van der Waals surface area contributed by atoms with Gasteiger partial charge in [0.15, 0.2) is 5.82 Å². The molecule has 0 amide bonds. The smallest absolute Gasteiger partial charge is 0.219 e. The molecule has 1 aromatic heterocycles. The van der Waals surface area contributed by atoms with E-state index in [2.05, 4.69) is 35.9 Å². The van der Waals surface area contributed by atoms with E-state index < -0.39 is 0 Å². The molecule has 0 saturated carbocycles. The van der Waals surface area contributed by atoms with E-state index in [0.717, 1.165) is 31.2 Å². The van der Waals surface area contributed by atoms with Crippen molar-refractivity contribution in [3.8, 4) is 11.4 Å². The molecule has 29 heavy (non-hydrogen) atoms. The summed E-state index contributed by atoms with van der Waals surface area (Å²) in [6, 6.07) is 8.30. The van der Waals surface area contributed by atoms with Crippen molar-refractivity contribution < 1.29 is 4.39 Å². The first-order chi connectivity index (χ1) is 14.2. The summed E-state index contributed by atoms with van der Waals surface area (Å²) in [6.07, 6.45) is 18.6. The van der Waals surface area contributed by atoms with Crippen LogP contribution in [0.3, 0.4) is 0 Å². The van der Waals surface area contributed by atoms with Crippen molar-refractivity contribution in [3.05, 3.63) is 47.5 Å². The summed E-state index contributed by atoms with van der Waals surface area (Å²) in [6.45, 7) is 4.47. The molecule has 0 saturated heterocycles. The average molecular weight is 399 g/mol. The lowest BCUT2D eigenvalue weighted by atomic mass is 10.0. The summed E-state index contributed by atoms with van der Waals surface area (Å²) in [7, 11) is 0.